The number of hydrogen-bond acceptors (Lipinski definition) is 3. The van der Waals surface area contributed by atoms with Gasteiger partial charge in [-0.05, 0) is 45.4 Å². The summed E-state index contributed by atoms with van der Waals surface area (Å²) >= 11 is 0. The van der Waals surface area contributed by atoms with E-state index in [2.05, 4.69) is 36.1 Å². The first-order valence-electron chi connectivity index (χ1n) is 8.50. The molecule has 0 aliphatic carbocycles. The van der Waals surface area contributed by atoms with Crippen LogP contribution in [-0.2, 0) is 6.54 Å². The maximum Gasteiger partial charge on any atom is 0.194 e. The highest BCUT2D eigenvalue weighted by Crippen LogP contribution is 2.36. The molecule has 2 rings (SSSR count). The highest BCUT2D eigenvalue weighted by Gasteiger charge is 2.36. The Labute approximate surface area is 157 Å². The molecule has 1 aliphatic heterocycles. The van der Waals surface area contributed by atoms with E-state index in [1.807, 2.05) is 13.8 Å². The molecule has 0 atom stereocenters. The Kier molecular flexibility index (Phi) is 7.83. The number of likely N-dealkylation sites (tertiary alicyclic amines) is 1. The monoisotopic (exact) mass is 434 g/mol. The third kappa shape index (κ3) is 4.61. The normalized spacial score (nSPS) is 17.3. The van der Waals surface area contributed by atoms with Crippen molar-refractivity contribution >= 4 is 29.9 Å². The van der Waals surface area contributed by atoms with E-state index < -0.39 is 0 Å². The van der Waals surface area contributed by atoms with Crippen LogP contribution in [-0.4, -0.2) is 35.7 Å². The van der Waals surface area contributed by atoms with Gasteiger partial charge in [-0.25, -0.2) is 4.99 Å². The van der Waals surface area contributed by atoms with E-state index in [9.17, 15) is 0 Å². The Hall–Kier alpha value is -0.790. The van der Waals surface area contributed by atoms with E-state index in [1.165, 1.54) is 19.3 Å². The lowest BCUT2D eigenvalue weighted by molar-refractivity contribution is 0.276. The molecule has 0 saturated carbocycles. The molecule has 132 valence electrons. The van der Waals surface area contributed by atoms with Crippen LogP contribution in [0.3, 0.4) is 0 Å². The Morgan fingerprint density at radius 2 is 2.00 bits per heavy atom. The van der Waals surface area contributed by atoms with Crippen LogP contribution in [0.2, 0.25) is 0 Å². The molecule has 0 amide bonds. The topological polar surface area (TPSA) is 53.7 Å². The fraction of sp³-hybridized carbons (Fsp3) is 0.765. The minimum atomic E-state index is 0. The van der Waals surface area contributed by atoms with Gasteiger partial charge in [0.2, 0.25) is 0 Å². The predicted molar refractivity (Wildman–Crippen MR) is 105 cm³/mol. The lowest BCUT2D eigenvalue weighted by Gasteiger charge is -2.28. The highest BCUT2D eigenvalue weighted by molar-refractivity contribution is 14.0. The number of aliphatic imine (C=N–C) groups is 1. The zero-order valence-corrected chi connectivity index (χ0v) is 17.4. The van der Waals surface area contributed by atoms with Crippen molar-refractivity contribution in [3.05, 3.63) is 17.0 Å². The number of aromatic nitrogens is 1. The molecule has 2 heterocycles. The first-order valence-corrected chi connectivity index (χ1v) is 8.50. The summed E-state index contributed by atoms with van der Waals surface area (Å²) < 4.78 is 5.23. The van der Waals surface area contributed by atoms with Crippen molar-refractivity contribution in [2.75, 3.05) is 19.6 Å². The van der Waals surface area contributed by atoms with Gasteiger partial charge in [0, 0.05) is 25.2 Å². The van der Waals surface area contributed by atoms with Crippen molar-refractivity contribution < 1.29 is 4.52 Å². The van der Waals surface area contributed by atoms with Crippen LogP contribution in [0.15, 0.2) is 9.52 Å². The third-order valence-corrected chi connectivity index (χ3v) is 5.14. The van der Waals surface area contributed by atoms with Crippen LogP contribution in [0, 0.1) is 19.3 Å². The molecule has 0 unspecified atom stereocenters. The third-order valence-electron chi connectivity index (χ3n) is 5.14. The zero-order chi connectivity index (χ0) is 16.2. The minimum Gasteiger partial charge on any atom is -0.361 e. The molecule has 5 nitrogen and oxygen atoms in total. The van der Waals surface area contributed by atoms with Crippen LogP contribution in [0.25, 0.3) is 0 Å². The van der Waals surface area contributed by atoms with Gasteiger partial charge in [0.25, 0.3) is 0 Å². The summed E-state index contributed by atoms with van der Waals surface area (Å²) in [5.41, 5.74) is 2.50. The van der Waals surface area contributed by atoms with E-state index in [4.69, 9.17) is 9.52 Å². The number of nitrogens with zero attached hydrogens (tertiary/aromatic N) is 3. The predicted octanol–water partition coefficient (Wildman–Crippen LogP) is 3.89. The quantitative estimate of drug-likeness (QED) is 0.434. The summed E-state index contributed by atoms with van der Waals surface area (Å²) in [5, 5.41) is 7.45. The van der Waals surface area contributed by atoms with Crippen molar-refractivity contribution in [3.8, 4) is 0 Å². The molecular formula is C17H31IN4O. The van der Waals surface area contributed by atoms with Crippen LogP contribution in [0.5, 0.6) is 0 Å². The molecule has 1 saturated heterocycles. The Morgan fingerprint density at radius 3 is 2.48 bits per heavy atom. The lowest BCUT2D eigenvalue weighted by Crippen LogP contribution is -2.41. The second kappa shape index (κ2) is 8.89. The zero-order valence-electron chi connectivity index (χ0n) is 15.1. The molecular weight excluding hydrogens is 403 g/mol. The van der Waals surface area contributed by atoms with Gasteiger partial charge in [-0.1, -0.05) is 19.0 Å². The molecule has 0 bridgehead atoms. The lowest BCUT2D eigenvalue weighted by atomic mass is 9.82. The summed E-state index contributed by atoms with van der Waals surface area (Å²) in [6.07, 6.45) is 3.74. The number of guanidine groups is 1. The van der Waals surface area contributed by atoms with E-state index in [0.29, 0.717) is 12.0 Å². The summed E-state index contributed by atoms with van der Waals surface area (Å²) in [4.78, 5) is 7.24. The molecule has 1 aliphatic rings. The molecule has 1 aromatic rings. The van der Waals surface area contributed by atoms with Gasteiger partial charge in [-0.3, -0.25) is 0 Å². The van der Waals surface area contributed by atoms with Crippen LogP contribution in [0.4, 0.5) is 0 Å². The van der Waals surface area contributed by atoms with Gasteiger partial charge in [0.05, 0.1) is 12.2 Å². The average molecular weight is 434 g/mol. The number of nitrogens with one attached hydrogen (secondary N) is 1. The highest BCUT2D eigenvalue weighted by atomic mass is 127. The van der Waals surface area contributed by atoms with Crippen molar-refractivity contribution in [3.63, 3.8) is 0 Å². The molecule has 1 fully saturated rings. The number of aryl methyl sites for hydroxylation is 2. The second-order valence-electron chi connectivity index (χ2n) is 6.35. The Morgan fingerprint density at radius 1 is 1.30 bits per heavy atom. The first kappa shape index (κ1) is 20.3. The van der Waals surface area contributed by atoms with Crippen molar-refractivity contribution in [2.45, 2.75) is 60.4 Å². The number of hydrogen-bond donors (Lipinski definition) is 1. The molecule has 6 heteroatoms. The average Bonchev–Trinajstić information content (AvgIpc) is 3.09. The number of rotatable bonds is 5. The Bertz CT molecular complexity index is 503. The standard InChI is InChI=1S/C17H30N4O.HI/c1-6-17(7-2)9-10-21(12-17)16(18-8-3)19-11-15-13(4)20-22-14(15)5;/h6-12H2,1-5H3,(H,18,19);1H. The Balaban J connectivity index is 0.00000264. The van der Waals surface area contributed by atoms with Crippen molar-refractivity contribution in [2.24, 2.45) is 10.4 Å². The van der Waals surface area contributed by atoms with E-state index in [-0.39, 0.29) is 24.0 Å². The summed E-state index contributed by atoms with van der Waals surface area (Å²) in [6, 6.07) is 0. The minimum absolute atomic E-state index is 0. The molecule has 1 N–H and O–H groups in total. The SMILES string of the molecule is CCNC(=NCc1c(C)noc1C)N1CCC(CC)(CC)C1.I. The van der Waals surface area contributed by atoms with Crippen molar-refractivity contribution in [1.82, 2.24) is 15.4 Å². The largest absolute Gasteiger partial charge is 0.361 e. The van der Waals surface area contributed by atoms with Gasteiger partial charge < -0.3 is 14.7 Å². The molecule has 1 aromatic heterocycles. The molecule has 23 heavy (non-hydrogen) atoms. The van der Waals surface area contributed by atoms with Gasteiger partial charge in [0.1, 0.15) is 5.76 Å². The fourth-order valence-corrected chi connectivity index (χ4v) is 3.25. The van der Waals surface area contributed by atoms with Crippen LogP contribution >= 0.6 is 24.0 Å². The first-order chi connectivity index (χ1) is 10.5. The van der Waals surface area contributed by atoms with Gasteiger partial charge >= 0.3 is 0 Å². The fourth-order valence-electron chi connectivity index (χ4n) is 3.25. The summed E-state index contributed by atoms with van der Waals surface area (Å²) in [6.45, 7) is 14.4. The summed E-state index contributed by atoms with van der Waals surface area (Å²) in [5.74, 6) is 1.89. The van der Waals surface area contributed by atoms with Crippen molar-refractivity contribution in [1.29, 1.82) is 0 Å². The maximum absolute atomic E-state index is 5.23. The molecule has 0 aromatic carbocycles. The van der Waals surface area contributed by atoms with E-state index in [1.54, 1.807) is 0 Å². The maximum atomic E-state index is 5.23. The van der Waals surface area contributed by atoms with Crippen LogP contribution in [0.1, 0.15) is 57.1 Å². The van der Waals surface area contributed by atoms with Gasteiger partial charge in [-0.2, -0.15) is 0 Å². The van der Waals surface area contributed by atoms with Crippen LogP contribution < -0.4 is 5.32 Å². The second-order valence-corrected chi connectivity index (χ2v) is 6.35. The van der Waals surface area contributed by atoms with E-state index in [0.717, 1.165) is 42.6 Å². The summed E-state index contributed by atoms with van der Waals surface area (Å²) in [7, 11) is 0. The molecule has 0 spiro atoms. The smallest absolute Gasteiger partial charge is 0.194 e. The van der Waals surface area contributed by atoms with Gasteiger partial charge in [-0.15, -0.1) is 24.0 Å². The van der Waals surface area contributed by atoms with E-state index >= 15 is 0 Å². The molecule has 0 radical (unpaired) electrons. The number of halogens is 1. The van der Waals surface area contributed by atoms with Gasteiger partial charge in [0.15, 0.2) is 5.96 Å².